The summed E-state index contributed by atoms with van der Waals surface area (Å²) in [5.41, 5.74) is 1.91. The molecule has 9 heteroatoms. The third-order valence-corrected chi connectivity index (χ3v) is 6.37. The maximum Gasteiger partial charge on any atom is 0.322 e. The predicted octanol–water partition coefficient (Wildman–Crippen LogP) is 2.34. The van der Waals surface area contributed by atoms with Gasteiger partial charge in [0.05, 0.1) is 13.1 Å². The number of carboxylic acid groups (broad SMARTS) is 1. The van der Waals surface area contributed by atoms with Gasteiger partial charge in [-0.3, -0.25) is 24.3 Å². The Morgan fingerprint density at radius 3 is 2.61 bits per heavy atom. The fourth-order valence-electron chi connectivity index (χ4n) is 4.69. The molecule has 1 fully saturated rings. The van der Waals surface area contributed by atoms with Crippen molar-refractivity contribution < 1.29 is 19.5 Å². The molecule has 4 rings (SSSR count). The summed E-state index contributed by atoms with van der Waals surface area (Å²) in [4.78, 5) is 44.4. The Labute approximate surface area is 210 Å². The average Bonchev–Trinajstić information content (AvgIpc) is 3.35. The van der Waals surface area contributed by atoms with Gasteiger partial charge in [-0.2, -0.15) is 0 Å². The first-order valence-corrected chi connectivity index (χ1v) is 12.1. The molecule has 0 bridgehead atoms. The topological polar surface area (TPSA) is 115 Å². The van der Waals surface area contributed by atoms with Crippen molar-refractivity contribution in [1.82, 2.24) is 20.1 Å². The molecule has 9 nitrogen and oxygen atoms in total. The maximum atomic E-state index is 13.0. The Balaban J connectivity index is 1.46. The van der Waals surface area contributed by atoms with Gasteiger partial charge in [0.25, 0.3) is 0 Å². The number of carbonyl (C=O) groups is 3. The van der Waals surface area contributed by atoms with E-state index in [1.54, 1.807) is 12.4 Å². The molecule has 2 heterocycles. The van der Waals surface area contributed by atoms with Gasteiger partial charge in [0.2, 0.25) is 11.8 Å². The van der Waals surface area contributed by atoms with E-state index < -0.39 is 12.5 Å². The van der Waals surface area contributed by atoms with Crippen molar-refractivity contribution in [2.24, 2.45) is 0 Å². The zero-order chi connectivity index (χ0) is 25.3. The number of carbonyl (C=O) groups excluding carboxylic acids is 2. The van der Waals surface area contributed by atoms with Gasteiger partial charge in [-0.25, -0.2) is 0 Å². The van der Waals surface area contributed by atoms with E-state index in [0.717, 1.165) is 34.9 Å². The number of nitrogens with zero attached hydrogens (tertiary/aromatic N) is 3. The number of hydrogen-bond donors (Lipinski definition) is 3. The predicted molar refractivity (Wildman–Crippen MR) is 137 cm³/mol. The molecule has 1 aliphatic rings. The monoisotopic (exact) mass is 489 g/mol. The molecule has 2 aromatic carbocycles. The number of anilines is 1. The summed E-state index contributed by atoms with van der Waals surface area (Å²) in [6.45, 7) is 1.51. The zero-order valence-electron chi connectivity index (χ0n) is 20.1. The van der Waals surface area contributed by atoms with Crippen LogP contribution >= 0.6 is 0 Å². The highest BCUT2D eigenvalue weighted by molar-refractivity contribution is 5.86. The third kappa shape index (κ3) is 6.79. The smallest absolute Gasteiger partial charge is 0.322 e. The number of amides is 2. The molecule has 0 saturated carbocycles. The molecule has 0 aliphatic carbocycles. The molecule has 36 heavy (non-hydrogen) atoms. The van der Waals surface area contributed by atoms with Crippen LogP contribution in [0.4, 0.5) is 5.69 Å². The van der Waals surface area contributed by atoms with Crippen molar-refractivity contribution in [2.75, 3.05) is 38.0 Å². The van der Waals surface area contributed by atoms with E-state index in [-0.39, 0.29) is 30.9 Å². The van der Waals surface area contributed by atoms with E-state index in [4.69, 9.17) is 5.11 Å². The van der Waals surface area contributed by atoms with Gasteiger partial charge >= 0.3 is 5.97 Å². The van der Waals surface area contributed by atoms with Gasteiger partial charge in [-0.15, -0.1) is 0 Å². The number of likely N-dealkylation sites (tertiary alicyclic amines) is 1. The molecule has 0 spiro atoms. The van der Waals surface area contributed by atoms with Crippen molar-refractivity contribution >= 4 is 34.2 Å². The van der Waals surface area contributed by atoms with E-state index in [0.29, 0.717) is 19.6 Å². The number of benzene rings is 2. The van der Waals surface area contributed by atoms with Crippen molar-refractivity contribution in [3.05, 3.63) is 72.6 Å². The summed E-state index contributed by atoms with van der Waals surface area (Å²) < 4.78 is 0. The normalized spacial score (nSPS) is 15.2. The average molecular weight is 490 g/mol. The standard InChI is InChI=1S/C27H31N5O4/c33-25(30-16-27(35)36)19-31(17-21-7-3-6-20-5-1-2-9-24(20)21)18-23-8-4-14-32(23)26(34)15-29-22-10-12-28-13-11-22/h1-3,5-7,9-13,23H,4,8,14-19H2,(H,28,29)(H,30,33)(H,35,36)/t23-/m0/s1. The molecule has 0 unspecified atom stereocenters. The summed E-state index contributed by atoms with van der Waals surface area (Å²) in [5.74, 6) is -1.43. The van der Waals surface area contributed by atoms with Crippen LogP contribution in [0.3, 0.4) is 0 Å². The van der Waals surface area contributed by atoms with Gasteiger partial charge in [0.1, 0.15) is 6.54 Å². The second-order valence-corrected chi connectivity index (χ2v) is 8.95. The lowest BCUT2D eigenvalue weighted by Gasteiger charge is -2.31. The van der Waals surface area contributed by atoms with Crippen LogP contribution in [0.25, 0.3) is 10.8 Å². The molecule has 3 aromatic rings. The summed E-state index contributed by atoms with van der Waals surface area (Å²) in [5, 5.41) is 16.8. The highest BCUT2D eigenvalue weighted by Crippen LogP contribution is 2.23. The first kappa shape index (κ1) is 25.1. The van der Waals surface area contributed by atoms with Gasteiger partial charge < -0.3 is 20.6 Å². The largest absolute Gasteiger partial charge is 0.480 e. The van der Waals surface area contributed by atoms with Crippen molar-refractivity contribution in [3.8, 4) is 0 Å². The third-order valence-electron chi connectivity index (χ3n) is 6.37. The van der Waals surface area contributed by atoms with E-state index >= 15 is 0 Å². The van der Waals surface area contributed by atoms with E-state index in [1.807, 2.05) is 46.2 Å². The maximum absolute atomic E-state index is 13.0. The summed E-state index contributed by atoms with van der Waals surface area (Å²) in [6, 6.07) is 17.8. The number of aromatic nitrogens is 1. The minimum Gasteiger partial charge on any atom is -0.480 e. The summed E-state index contributed by atoms with van der Waals surface area (Å²) in [6.07, 6.45) is 5.10. The number of rotatable bonds is 11. The molecule has 0 radical (unpaired) electrons. The molecular formula is C27H31N5O4. The highest BCUT2D eigenvalue weighted by atomic mass is 16.4. The Bertz CT molecular complexity index is 1200. The van der Waals surface area contributed by atoms with Gasteiger partial charge in [-0.05, 0) is 41.3 Å². The lowest BCUT2D eigenvalue weighted by Crippen LogP contribution is -2.47. The molecule has 1 saturated heterocycles. The Morgan fingerprint density at radius 1 is 1.03 bits per heavy atom. The van der Waals surface area contributed by atoms with Crippen molar-refractivity contribution in [3.63, 3.8) is 0 Å². The fourth-order valence-corrected chi connectivity index (χ4v) is 4.69. The number of nitrogens with one attached hydrogen (secondary N) is 2. The van der Waals surface area contributed by atoms with Crippen LogP contribution in [0.1, 0.15) is 18.4 Å². The first-order chi connectivity index (χ1) is 17.5. The number of carboxylic acids is 1. The minimum absolute atomic E-state index is 0.00903. The van der Waals surface area contributed by atoms with E-state index in [2.05, 4.69) is 33.8 Å². The van der Waals surface area contributed by atoms with E-state index in [1.165, 1.54) is 0 Å². The highest BCUT2D eigenvalue weighted by Gasteiger charge is 2.30. The lowest BCUT2D eigenvalue weighted by atomic mass is 10.0. The summed E-state index contributed by atoms with van der Waals surface area (Å²) >= 11 is 0. The van der Waals surface area contributed by atoms with Gasteiger partial charge in [0.15, 0.2) is 0 Å². The van der Waals surface area contributed by atoms with Crippen LogP contribution in [0.5, 0.6) is 0 Å². The van der Waals surface area contributed by atoms with Crippen LogP contribution in [0.2, 0.25) is 0 Å². The quantitative estimate of drug-likeness (QED) is 0.379. The Kier molecular flexibility index (Phi) is 8.46. The number of pyridine rings is 1. The van der Waals surface area contributed by atoms with Crippen LogP contribution in [0.15, 0.2) is 67.0 Å². The Morgan fingerprint density at radius 2 is 1.81 bits per heavy atom. The molecule has 1 aliphatic heterocycles. The summed E-state index contributed by atoms with van der Waals surface area (Å²) in [7, 11) is 0. The Hall–Kier alpha value is -3.98. The van der Waals surface area contributed by atoms with Gasteiger partial charge in [0, 0.05) is 43.8 Å². The molecule has 188 valence electrons. The van der Waals surface area contributed by atoms with Crippen LogP contribution < -0.4 is 10.6 Å². The van der Waals surface area contributed by atoms with Crippen LogP contribution in [-0.4, -0.2) is 76.4 Å². The molecule has 3 N–H and O–H groups in total. The van der Waals surface area contributed by atoms with Crippen molar-refractivity contribution in [1.29, 1.82) is 0 Å². The second kappa shape index (κ2) is 12.1. The molecular weight excluding hydrogens is 458 g/mol. The molecule has 1 aromatic heterocycles. The SMILES string of the molecule is O=C(O)CNC(=O)CN(Cc1cccc2ccccc12)C[C@@H]1CCCN1C(=O)CNc1ccncc1. The lowest BCUT2D eigenvalue weighted by molar-refractivity contribution is -0.138. The van der Waals surface area contributed by atoms with Crippen LogP contribution in [0, 0.1) is 0 Å². The molecule has 1 atom stereocenters. The van der Waals surface area contributed by atoms with Gasteiger partial charge in [-0.1, -0.05) is 42.5 Å². The van der Waals surface area contributed by atoms with Crippen molar-refractivity contribution in [2.45, 2.75) is 25.4 Å². The fraction of sp³-hybridized carbons (Fsp3) is 0.333. The first-order valence-electron chi connectivity index (χ1n) is 12.1. The van der Waals surface area contributed by atoms with Crippen LogP contribution in [-0.2, 0) is 20.9 Å². The zero-order valence-corrected chi connectivity index (χ0v) is 20.1. The number of hydrogen-bond acceptors (Lipinski definition) is 6. The van der Waals surface area contributed by atoms with E-state index in [9.17, 15) is 14.4 Å². The minimum atomic E-state index is -1.08. The molecule has 2 amide bonds. The second-order valence-electron chi connectivity index (χ2n) is 8.95. The number of aliphatic carboxylic acids is 1. The number of fused-ring (bicyclic) bond motifs is 1.